The molecule has 4 heterocycles. The first kappa shape index (κ1) is 34.9. The number of aryl methyl sites for hydroxylation is 1. The van der Waals surface area contributed by atoms with E-state index in [9.17, 15) is 14.4 Å². The maximum absolute atomic E-state index is 12.9. The third-order valence-corrected chi connectivity index (χ3v) is 10.1. The Morgan fingerprint density at radius 3 is 2.71 bits per heavy atom. The predicted molar refractivity (Wildman–Crippen MR) is 188 cm³/mol. The first-order chi connectivity index (χ1) is 23.7. The van der Waals surface area contributed by atoms with Crippen molar-refractivity contribution in [2.24, 2.45) is 5.73 Å². The molecule has 3 aromatic rings. The molecular weight excluding hydrogens is 665 g/mol. The monoisotopic (exact) mass is 705 g/mol. The molecule has 3 amide bonds. The van der Waals surface area contributed by atoms with Gasteiger partial charge in [-0.25, -0.2) is 0 Å². The number of nitrogens with one attached hydrogen (secondary N) is 2. The average molecular weight is 707 g/mol. The molecule has 3 aliphatic rings. The van der Waals surface area contributed by atoms with Gasteiger partial charge in [0, 0.05) is 79.2 Å². The molecule has 0 aliphatic carbocycles. The van der Waals surface area contributed by atoms with Gasteiger partial charge in [-0.2, -0.15) is 5.10 Å². The van der Waals surface area contributed by atoms with Crippen molar-refractivity contribution in [3.63, 3.8) is 0 Å². The van der Waals surface area contributed by atoms with Crippen LogP contribution in [0.5, 0.6) is 0 Å². The number of primary amides is 1. The summed E-state index contributed by atoms with van der Waals surface area (Å²) >= 11 is 13.0. The SMILES string of the molecule is C[C@H]1COCCN1CCCn1nc(-c2ccc(Cl)c(C#Cc3ccc(Cl)c(C(=O)NC[C@@H]4CCCN4)c3)c2)c2c1CCN(C(=O)C(N)=O)C2. The molecule has 258 valence electrons. The number of nitrogens with two attached hydrogens (primary N) is 1. The van der Waals surface area contributed by atoms with E-state index in [0.29, 0.717) is 64.5 Å². The highest BCUT2D eigenvalue weighted by Gasteiger charge is 2.30. The summed E-state index contributed by atoms with van der Waals surface area (Å²) in [6.07, 6.45) is 3.58. The summed E-state index contributed by atoms with van der Waals surface area (Å²) in [6, 6.07) is 11.3. The molecule has 2 aromatic carbocycles. The lowest BCUT2D eigenvalue weighted by Gasteiger charge is -2.33. The summed E-state index contributed by atoms with van der Waals surface area (Å²) in [6.45, 7) is 8.30. The van der Waals surface area contributed by atoms with Crippen LogP contribution in [0.2, 0.25) is 10.0 Å². The van der Waals surface area contributed by atoms with Gasteiger partial charge in [0.2, 0.25) is 0 Å². The number of ether oxygens (including phenoxy) is 1. The van der Waals surface area contributed by atoms with Crippen molar-refractivity contribution in [1.29, 1.82) is 0 Å². The molecule has 13 heteroatoms. The Bertz CT molecular complexity index is 1790. The fourth-order valence-corrected chi connectivity index (χ4v) is 7.05. The lowest BCUT2D eigenvalue weighted by molar-refractivity contribution is -0.144. The molecule has 3 aliphatic heterocycles. The molecule has 49 heavy (non-hydrogen) atoms. The van der Waals surface area contributed by atoms with Gasteiger partial charge in [-0.3, -0.25) is 24.0 Å². The quantitative estimate of drug-likeness (QED) is 0.242. The minimum atomic E-state index is -0.977. The van der Waals surface area contributed by atoms with E-state index in [1.165, 1.54) is 4.90 Å². The van der Waals surface area contributed by atoms with E-state index >= 15 is 0 Å². The first-order valence-electron chi connectivity index (χ1n) is 16.8. The number of carbonyl (C=O) groups is 3. The van der Waals surface area contributed by atoms with Crippen LogP contribution in [0.25, 0.3) is 11.3 Å². The first-order valence-corrected chi connectivity index (χ1v) is 17.6. The van der Waals surface area contributed by atoms with Gasteiger partial charge in [0.15, 0.2) is 0 Å². The van der Waals surface area contributed by atoms with Gasteiger partial charge in [0.25, 0.3) is 5.91 Å². The number of hydrogen-bond donors (Lipinski definition) is 3. The Morgan fingerprint density at radius 2 is 1.94 bits per heavy atom. The van der Waals surface area contributed by atoms with Crippen LogP contribution in [0.3, 0.4) is 0 Å². The number of amides is 3. The lowest BCUT2D eigenvalue weighted by atomic mass is 9.99. The molecule has 1 aromatic heterocycles. The lowest BCUT2D eigenvalue weighted by Crippen LogP contribution is -2.44. The minimum absolute atomic E-state index is 0.225. The van der Waals surface area contributed by atoms with Crippen molar-refractivity contribution in [3.05, 3.63) is 74.4 Å². The standard InChI is InChI=1S/C36H41Cl2N7O4/c1-23-22-49-17-16-43(23)13-3-14-45-32-11-15-44(36(48)34(39)46)21-29(32)33(42-45)26-8-10-30(37)25(19-26)7-5-24-6-9-31(38)28(18-24)35(47)41-20-27-4-2-12-40-27/h6,8-10,18-19,23,27,40H,2-4,11-17,20-22H2,1H3,(H2,39,46)(H,41,47)/t23-,27-/m0/s1. The van der Waals surface area contributed by atoms with Crippen LogP contribution in [0, 0.1) is 11.8 Å². The number of benzene rings is 2. The van der Waals surface area contributed by atoms with Crippen LogP contribution in [-0.4, -0.2) is 95.3 Å². The van der Waals surface area contributed by atoms with Gasteiger partial charge >= 0.3 is 11.8 Å². The second-order valence-corrected chi connectivity index (χ2v) is 13.6. The summed E-state index contributed by atoms with van der Waals surface area (Å²) < 4.78 is 7.62. The summed E-state index contributed by atoms with van der Waals surface area (Å²) in [5.74, 6) is 4.37. The molecule has 2 fully saturated rings. The number of rotatable bonds is 8. The highest BCUT2D eigenvalue weighted by atomic mass is 35.5. The van der Waals surface area contributed by atoms with E-state index in [-0.39, 0.29) is 18.5 Å². The van der Waals surface area contributed by atoms with Crippen LogP contribution in [0.15, 0.2) is 36.4 Å². The molecular formula is C36H41Cl2N7O4. The molecule has 6 rings (SSSR count). The zero-order valence-electron chi connectivity index (χ0n) is 27.6. The van der Waals surface area contributed by atoms with Crippen molar-refractivity contribution >= 4 is 40.9 Å². The molecule has 0 spiro atoms. The number of halogens is 2. The van der Waals surface area contributed by atoms with E-state index in [2.05, 4.69) is 34.3 Å². The van der Waals surface area contributed by atoms with Crippen molar-refractivity contribution in [2.75, 3.05) is 45.9 Å². The van der Waals surface area contributed by atoms with E-state index in [1.54, 1.807) is 24.3 Å². The highest BCUT2D eigenvalue weighted by Crippen LogP contribution is 2.32. The molecule has 0 bridgehead atoms. The van der Waals surface area contributed by atoms with Gasteiger partial charge in [-0.15, -0.1) is 0 Å². The molecule has 0 radical (unpaired) electrons. The van der Waals surface area contributed by atoms with E-state index < -0.39 is 11.8 Å². The Morgan fingerprint density at radius 1 is 1.10 bits per heavy atom. The number of aromatic nitrogens is 2. The zero-order valence-corrected chi connectivity index (χ0v) is 29.1. The Balaban J connectivity index is 1.25. The van der Waals surface area contributed by atoms with Gasteiger partial charge in [0.1, 0.15) is 0 Å². The van der Waals surface area contributed by atoms with Crippen LogP contribution in [0.1, 0.15) is 58.9 Å². The maximum Gasteiger partial charge on any atom is 0.311 e. The number of hydrogen-bond acceptors (Lipinski definition) is 7. The van der Waals surface area contributed by atoms with E-state index in [0.717, 1.165) is 68.9 Å². The number of fused-ring (bicyclic) bond motifs is 1. The normalized spacial score (nSPS) is 19.2. The third kappa shape index (κ3) is 8.28. The largest absolute Gasteiger partial charge is 0.379 e. The smallest absolute Gasteiger partial charge is 0.311 e. The van der Waals surface area contributed by atoms with Crippen LogP contribution >= 0.6 is 23.2 Å². The second-order valence-electron chi connectivity index (χ2n) is 12.8. The molecule has 11 nitrogen and oxygen atoms in total. The number of nitrogens with zero attached hydrogens (tertiary/aromatic N) is 4. The van der Waals surface area contributed by atoms with Crippen molar-refractivity contribution < 1.29 is 19.1 Å². The number of morpholine rings is 1. The van der Waals surface area contributed by atoms with Gasteiger partial charge < -0.3 is 26.0 Å². The zero-order chi connectivity index (χ0) is 34.5. The Kier molecular flexibility index (Phi) is 11.2. The van der Waals surface area contributed by atoms with Gasteiger partial charge in [0.05, 0.1) is 41.1 Å². The summed E-state index contributed by atoms with van der Waals surface area (Å²) in [4.78, 5) is 41.2. The molecule has 4 N–H and O–H groups in total. The van der Waals surface area contributed by atoms with E-state index in [4.69, 9.17) is 38.8 Å². The third-order valence-electron chi connectivity index (χ3n) is 9.42. The number of carbonyl (C=O) groups excluding carboxylic acids is 3. The van der Waals surface area contributed by atoms with E-state index in [1.807, 2.05) is 16.8 Å². The second kappa shape index (κ2) is 15.7. The van der Waals surface area contributed by atoms with Crippen molar-refractivity contribution in [3.8, 4) is 23.1 Å². The predicted octanol–water partition coefficient (Wildman–Crippen LogP) is 3.22. The minimum Gasteiger partial charge on any atom is -0.379 e. The molecule has 0 unspecified atom stereocenters. The van der Waals surface area contributed by atoms with Crippen molar-refractivity contribution in [1.82, 2.24) is 30.2 Å². The topological polar surface area (TPSA) is 135 Å². The molecule has 2 atom stereocenters. The van der Waals surface area contributed by atoms with Gasteiger partial charge in [-0.1, -0.05) is 41.1 Å². The average Bonchev–Trinajstić information content (AvgIpc) is 3.76. The molecule has 0 saturated carbocycles. The summed E-state index contributed by atoms with van der Waals surface area (Å²) in [7, 11) is 0. The highest BCUT2D eigenvalue weighted by molar-refractivity contribution is 6.34. The fourth-order valence-electron chi connectivity index (χ4n) is 6.68. The van der Waals surface area contributed by atoms with Gasteiger partial charge in [-0.05, 0) is 63.1 Å². The Labute approximate surface area is 296 Å². The van der Waals surface area contributed by atoms with Crippen LogP contribution in [-0.2, 0) is 33.8 Å². The fraction of sp³-hybridized carbons (Fsp3) is 0.444. The molecule has 2 saturated heterocycles. The summed E-state index contributed by atoms with van der Waals surface area (Å²) in [5, 5.41) is 12.2. The van der Waals surface area contributed by atoms with Crippen LogP contribution < -0.4 is 16.4 Å². The van der Waals surface area contributed by atoms with Crippen LogP contribution in [0.4, 0.5) is 0 Å². The summed E-state index contributed by atoms with van der Waals surface area (Å²) in [5.41, 5.74) is 10.3. The maximum atomic E-state index is 12.9. The van der Waals surface area contributed by atoms with Crippen molar-refractivity contribution in [2.45, 2.75) is 57.8 Å². The Hall–Kier alpha value is -3.92.